The summed E-state index contributed by atoms with van der Waals surface area (Å²) in [4.78, 5) is 30.0. The van der Waals surface area contributed by atoms with Crippen molar-refractivity contribution in [2.45, 2.75) is 38.1 Å². The van der Waals surface area contributed by atoms with Crippen molar-refractivity contribution in [1.29, 1.82) is 0 Å². The van der Waals surface area contributed by atoms with E-state index in [9.17, 15) is 9.59 Å². The van der Waals surface area contributed by atoms with Crippen molar-refractivity contribution >= 4 is 23.2 Å². The van der Waals surface area contributed by atoms with Gasteiger partial charge >= 0.3 is 11.8 Å². The fraction of sp³-hybridized carbons (Fsp3) is 0.462. The molecule has 0 radical (unpaired) electrons. The number of hydrogen-bond acceptors (Lipinski definition) is 6. The number of nitrogens with zero attached hydrogens (tertiary/aromatic N) is 2. The highest BCUT2D eigenvalue weighted by molar-refractivity contribution is 6.39. The van der Waals surface area contributed by atoms with Crippen molar-refractivity contribution in [3.05, 3.63) is 47.5 Å². The number of carbonyl (C=O) groups excluding carboxylic acids is 2. The molecule has 34 heavy (non-hydrogen) atoms. The van der Waals surface area contributed by atoms with Gasteiger partial charge in [-0.15, -0.1) is 0 Å². The van der Waals surface area contributed by atoms with Gasteiger partial charge in [0.25, 0.3) is 0 Å². The monoisotopic (exact) mass is 464 g/mol. The number of anilines is 2. The fourth-order valence-electron chi connectivity index (χ4n) is 5.13. The maximum atomic E-state index is 12.7. The lowest BCUT2D eigenvalue weighted by Gasteiger charge is -2.36. The lowest BCUT2D eigenvalue weighted by atomic mass is 9.95. The first-order valence-corrected chi connectivity index (χ1v) is 12.2. The Kier molecular flexibility index (Phi) is 6.58. The molecule has 2 amide bonds. The summed E-state index contributed by atoms with van der Waals surface area (Å²) in [6.07, 6.45) is 5.77. The first-order chi connectivity index (χ1) is 16.6. The van der Waals surface area contributed by atoms with Crippen molar-refractivity contribution in [1.82, 2.24) is 10.2 Å². The molecule has 1 saturated heterocycles. The van der Waals surface area contributed by atoms with E-state index < -0.39 is 11.8 Å². The number of piperidine rings is 1. The van der Waals surface area contributed by atoms with E-state index in [1.54, 1.807) is 18.2 Å². The molecular weight excluding hydrogens is 432 g/mol. The van der Waals surface area contributed by atoms with E-state index in [1.807, 2.05) is 0 Å². The molecule has 2 aromatic rings. The van der Waals surface area contributed by atoms with Crippen molar-refractivity contribution in [2.75, 3.05) is 50.2 Å². The van der Waals surface area contributed by atoms with E-state index >= 15 is 0 Å². The van der Waals surface area contributed by atoms with E-state index in [2.05, 4.69) is 45.7 Å². The zero-order valence-corrected chi connectivity index (χ0v) is 19.6. The van der Waals surface area contributed by atoms with E-state index in [0.29, 0.717) is 23.7 Å². The number of likely N-dealkylation sites (tertiary alicyclic amines) is 1. The van der Waals surface area contributed by atoms with Crippen LogP contribution in [0.4, 0.5) is 11.4 Å². The minimum Gasteiger partial charge on any atom is -0.454 e. The highest BCUT2D eigenvalue weighted by Gasteiger charge is 2.26. The highest BCUT2D eigenvalue weighted by Crippen LogP contribution is 2.34. The predicted octanol–water partition coefficient (Wildman–Crippen LogP) is 3.08. The predicted molar refractivity (Wildman–Crippen MR) is 130 cm³/mol. The van der Waals surface area contributed by atoms with Crippen LogP contribution in [0.2, 0.25) is 0 Å². The van der Waals surface area contributed by atoms with Crippen LogP contribution in [0.15, 0.2) is 36.4 Å². The first-order valence-electron chi connectivity index (χ1n) is 12.2. The molecule has 3 aliphatic heterocycles. The number of carbonyl (C=O) groups is 2. The summed E-state index contributed by atoms with van der Waals surface area (Å²) in [5.74, 6) is -0.148. The summed E-state index contributed by atoms with van der Waals surface area (Å²) in [5, 5.41) is 5.54. The van der Waals surface area contributed by atoms with Gasteiger partial charge in [-0.05, 0) is 68.1 Å². The lowest BCUT2D eigenvalue weighted by Crippen LogP contribution is -2.43. The van der Waals surface area contributed by atoms with Crippen molar-refractivity contribution < 1.29 is 19.1 Å². The fourth-order valence-corrected chi connectivity index (χ4v) is 5.13. The van der Waals surface area contributed by atoms with Gasteiger partial charge in [0.2, 0.25) is 6.79 Å². The van der Waals surface area contributed by atoms with Crippen molar-refractivity contribution in [2.24, 2.45) is 0 Å². The quantitative estimate of drug-likeness (QED) is 0.662. The Labute approximate surface area is 200 Å². The normalized spacial score (nSPS) is 18.2. The van der Waals surface area contributed by atoms with Gasteiger partial charge in [0.05, 0.1) is 6.04 Å². The number of amides is 2. The summed E-state index contributed by atoms with van der Waals surface area (Å²) in [6.45, 7) is 3.63. The lowest BCUT2D eigenvalue weighted by molar-refractivity contribution is -0.136. The van der Waals surface area contributed by atoms with Gasteiger partial charge in [-0.3, -0.25) is 14.5 Å². The van der Waals surface area contributed by atoms with E-state index in [4.69, 9.17) is 9.47 Å². The molecule has 8 nitrogen and oxygen atoms in total. The molecule has 0 spiro atoms. The Morgan fingerprint density at radius 2 is 1.76 bits per heavy atom. The molecule has 2 N–H and O–H groups in total. The van der Waals surface area contributed by atoms with Crippen LogP contribution in [-0.4, -0.2) is 56.7 Å². The molecule has 0 bridgehead atoms. The molecule has 1 atom stereocenters. The molecule has 0 aromatic heterocycles. The Balaban J connectivity index is 1.27. The molecule has 3 aliphatic rings. The number of ether oxygens (including phenoxy) is 2. The highest BCUT2D eigenvalue weighted by atomic mass is 16.7. The first kappa shape index (κ1) is 22.5. The second-order valence-corrected chi connectivity index (χ2v) is 9.26. The molecular formula is C26H32N4O4. The van der Waals surface area contributed by atoms with E-state index in [1.165, 1.54) is 23.2 Å². The van der Waals surface area contributed by atoms with Crippen LogP contribution in [0.3, 0.4) is 0 Å². The summed E-state index contributed by atoms with van der Waals surface area (Å²) in [6, 6.07) is 11.8. The van der Waals surface area contributed by atoms with Crippen LogP contribution in [0, 0.1) is 0 Å². The largest absolute Gasteiger partial charge is 0.454 e. The average molecular weight is 465 g/mol. The summed E-state index contributed by atoms with van der Waals surface area (Å²) >= 11 is 0. The van der Waals surface area contributed by atoms with Gasteiger partial charge in [0, 0.05) is 37.6 Å². The molecule has 1 fully saturated rings. The second kappa shape index (κ2) is 9.93. The molecule has 2 aromatic carbocycles. The van der Waals surface area contributed by atoms with Gasteiger partial charge in [-0.25, -0.2) is 0 Å². The van der Waals surface area contributed by atoms with Crippen LogP contribution in [0.25, 0.3) is 0 Å². The smallest absolute Gasteiger partial charge is 0.313 e. The van der Waals surface area contributed by atoms with Crippen LogP contribution in [0.1, 0.15) is 42.9 Å². The minimum absolute atomic E-state index is 0.0418. The van der Waals surface area contributed by atoms with Crippen LogP contribution in [0.5, 0.6) is 11.5 Å². The van der Waals surface area contributed by atoms with Crippen molar-refractivity contribution in [3.8, 4) is 11.5 Å². The molecule has 0 aliphatic carbocycles. The van der Waals surface area contributed by atoms with Crippen LogP contribution < -0.4 is 25.0 Å². The maximum absolute atomic E-state index is 12.7. The van der Waals surface area contributed by atoms with Gasteiger partial charge in [-0.2, -0.15) is 0 Å². The number of hydrogen-bond donors (Lipinski definition) is 2. The summed E-state index contributed by atoms with van der Waals surface area (Å²) in [5.41, 5.74) is 4.35. The molecule has 0 saturated carbocycles. The molecule has 5 rings (SSSR count). The van der Waals surface area contributed by atoms with Gasteiger partial charge < -0.3 is 25.0 Å². The third-order valence-corrected chi connectivity index (χ3v) is 6.96. The third-order valence-electron chi connectivity index (χ3n) is 6.96. The zero-order chi connectivity index (χ0) is 23.5. The number of fused-ring (bicyclic) bond motifs is 2. The van der Waals surface area contributed by atoms with Gasteiger partial charge in [-0.1, -0.05) is 18.6 Å². The SMILES string of the molecule is CN1CCCc2cc(C(CNC(=O)C(=O)Nc3ccc4c(c3)OCO4)N3CCCCC3)ccc21. The molecule has 1 unspecified atom stereocenters. The van der Waals surface area contributed by atoms with Gasteiger partial charge in [0.15, 0.2) is 11.5 Å². The standard InChI is InChI=1S/C26H32N4O4/c1-29-11-5-6-18-14-19(7-9-21(18)29)22(30-12-3-2-4-13-30)16-27-25(31)26(32)28-20-8-10-23-24(15-20)34-17-33-23/h7-10,14-15,22H,2-6,11-13,16-17H2,1H3,(H,27,31)(H,28,32). The van der Waals surface area contributed by atoms with E-state index in [-0.39, 0.29) is 12.8 Å². The second-order valence-electron chi connectivity index (χ2n) is 9.26. The number of aryl methyl sites for hydroxylation is 1. The maximum Gasteiger partial charge on any atom is 0.313 e. The average Bonchev–Trinajstić information content (AvgIpc) is 3.33. The van der Waals surface area contributed by atoms with E-state index in [0.717, 1.165) is 45.3 Å². The Morgan fingerprint density at radius 1 is 0.941 bits per heavy atom. The number of nitrogens with one attached hydrogen (secondary N) is 2. The molecule has 180 valence electrons. The third kappa shape index (κ3) is 4.82. The number of benzene rings is 2. The topological polar surface area (TPSA) is 83.1 Å². The van der Waals surface area contributed by atoms with Gasteiger partial charge in [0.1, 0.15) is 0 Å². The summed E-state index contributed by atoms with van der Waals surface area (Å²) in [7, 11) is 2.14. The molecule has 8 heteroatoms. The zero-order valence-electron chi connectivity index (χ0n) is 19.6. The minimum atomic E-state index is -0.691. The Hall–Kier alpha value is -3.26. The Morgan fingerprint density at radius 3 is 2.62 bits per heavy atom. The summed E-state index contributed by atoms with van der Waals surface area (Å²) < 4.78 is 10.6. The molecule has 3 heterocycles. The van der Waals surface area contributed by atoms with Crippen LogP contribution in [-0.2, 0) is 16.0 Å². The Bertz CT molecular complexity index is 1070. The number of rotatable bonds is 5. The van der Waals surface area contributed by atoms with Crippen LogP contribution >= 0.6 is 0 Å². The van der Waals surface area contributed by atoms with Crippen molar-refractivity contribution in [3.63, 3.8) is 0 Å².